The van der Waals surface area contributed by atoms with Crippen molar-refractivity contribution in [2.45, 2.75) is 19.9 Å². The molecule has 6 nitrogen and oxygen atoms in total. The standard InChI is InChI=1S/C19H22N4O2/c1-14-11-21-18(25-14)13-22-7-4-8-23(10-9-22)19(24)16-12-20-17-6-3-2-5-15(16)17/h2-3,5-6,11-12,20H,4,7-10,13H2,1H3. The van der Waals surface area contributed by atoms with E-state index in [0.717, 1.165) is 60.7 Å². The van der Waals surface area contributed by atoms with Crippen molar-refractivity contribution < 1.29 is 9.21 Å². The molecule has 130 valence electrons. The monoisotopic (exact) mass is 338 g/mol. The maximum atomic E-state index is 13.0. The number of fused-ring (bicyclic) bond motifs is 1. The van der Waals surface area contributed by atoms with E-state index in [9.17, 15) is 4.79 Å². The molecule has 3 aromatic rings. The molecule has 4 rings (SSSR count). The number of oxazole rings is 1. The SMILES string of the molecule is Cc1cnc(CN2CCCN(C(=O)c3c[nH]c4ccccc34)CC2)o1. The Labute approximate surface area is 146 Å². The summed E-state index contributed by atoms with van der Waals surface area (Å²) in [5.74, 6) is 1.68. The second kappa shape index (κ2) is 6.72. The lowest BCUT2D eigenvalue weighted by atomic mass is 10.1. The van der Waals surface area contributed by atoms with Crippen LogP contribution in [0.3, 0.4) is 0 Å². The molecule has 2 aromatic heterocycles. The number of aryl methyl sites for hydroxylation is 1. The molecule has 0 unspecified atom stereocenters. The first kappa shape index (κ1) is 15.9. The molecule has 25 heavy (non-hydrogen) atoms. The van der Waals surface area contributed by atoms with Crippen LogP contribution in [0, 0.1) is 6.92 Å². The Morgan fingerprint density at radius 2 is 2.12 bits per heavy atom. The molecule has 1 aromatic carbocycles. The van der Waals surface area contributed by atoms with E-state index < -0.39 is 0 Å². The Balaban J connectivity index is 1.44. The summed E-state index contributed by atoms with van der Waals surface area (Å²) in [5.41, 5.74) is 1.76. The van der Waals surface area contributed by atoms with Gasteiger partial charge in [0.2, 0.25) is 5.89 Å². The van der Waals surface area contributed by atoms with Crippen LogP contribution in [0.4, 0.5) is 0 Å². The number of carbonyl (C=O) groups excluding carboxylic acids is 1. The Morgan fingerprint density at radius 3 is 2.96 bits per heavy atom. The van der Waals surface area contributed by atoms with E-state index in [-0.39, 0.29) is 5.91 Å². The highest BCUT2D eigenvalue weighted by Gasteiger charge is 2.23. The zero-order valence-electron chi connectivity index (χ0n) is 14.4. The summed E-state index contributed by atoms with van der Waals surface area (Å²) in [4.78, 5) is 24.7. The molecule has 0 radical (unpaired) electrons. The first-order chi connectivity index (χ1) is 12.2. The smallest absolute Gasteiger partial charge is 0.256 e. The second-order valence-corrected chi connectivity index (χ2v) is 6.53. The molecule has 3 heterocycles. The van der Waals surface area contributed by atoms with Gasteiger partial charge in [0.15, 0.2) is 0 Å². The minimum absolute atomic E-state index is 0.103. The lowest BCUT2D eigenvalue weighted by molar-refractivity contribution is 0.0762. The van der Waals surface area contributed by atoms with E-state index in [4.69, 9.17) is 4.42 Å². The molecule has 0 atom stereocenters. The van der Waals surface area contributed by atoms with Gasteiger partial charge in [0.25, 0.3) is 5.91 Å². The number of hydrogen-bond donors (Lipinski definition) is 1. The molecule has 6 heteroatoms. The van der Waals surface area contributed by atoms with Crippen LogP contribution in [0.15, 0.2) is 41.1 Å². The van der Waals surface area contributed by atoms with Crippen LogP contribution >= 0.6 is 0 Å². The van der Waals surface area contributed by atoms with Crippen LogP contribution < -0.4 is 0 Å². The van der Waals surface area contributed by atoms with Gasteiger partial charge in [0.05, 0.1) is 18.3 Å². The van der Waals surface area contributed by atoms with E-state index in [2.05, 4.69) is 14.9 Å². The van der Waals surface area contributed by atoms with Crippen molar-refractivity contribution in [3.8, 4) is 0 Å². The van der Waals surface area contributed by atoms with Gasteiger partial charge in [-0.1, -0.05) is 18.2 Å². The topological polar surface area (TPSA) is 65.4 Å². The molecule has 0 saturated carbocycles. The Morgan fingerprint density at radius 1 is 1.24 bits per heavy atom. The van der Waals surface area contributed by atoms with Crippen molar-refractivity contribution in [1.82, 2.24) is 19.8 Å². The van der Waals surface area contributed by atoms with Crippen LogP contribution in [0.2, 0.25) is 0 Å². The van der Waals surface area contributed by atoms with E-state index in [1.165, 1.54) is 0 Å². The van der Waals surface area contributed by atoms with E-state index >= 15 is 0 Å². The van der Waals surface area contributed by atoms with Crippen molar-refractivity contribution in [3.63, 3.8) is 0 Å². The number of hydrogen-bond acceptors (Lipinski definition) is 4. The summed E-state index contributed by atoms with van der Waals surface area (Å²) in [6.07, 6.45) is 4.53. The minimum Gasteiger partial charge on any atom is -0.445 e. The van der Waals surface area contributed by atoms with Gasteiger partial charge in [-0.2, -0.15) is 0 Å². The second-order valence-electron chi connectivity index (χ2n) is 6.53. The molecule has 1 N–H and O–H groups in total. The quantitative estimate of drug-likeness (QED) is 0.797. The molecular weight excluding hydrogens is 316 g/mol. The molecular formula is C19H22N4O2. The number of aromatic amines is 1. The fourth-order valence-electron chi connectivity index (χ4n) is 3.42. The lowest BCUT2D eigenvalue weighted by Crippen LogP contribution is -2.35. The number of para-hydroxylation sites is 1. The van der Waals surface area contributed by atoms with Crippen molar-refractivity contribution in [2.75, 3.05) is 26.2 Å². The lowest BCUT2D eigenvalue weighted by Gasteiger charge is -2.21. The fourth-order valence-corrected chi connectivity index (χ4v) is 3.42. The van der Waals surface area contributed by atoms with Gasteiger partial charge in [-0.15, -0.1) is 0 Å². The fraction of sp³-hybridized carbons (Fsp3) is 0.368. The van der Waals surface area contributed by atoms with Crippen molar-refractivity contribution >= 4 is 16.8 Å². The molecule has 0 aliphatic carbocycles. The minimum atomic E-state index is 0.103. The van der Waals surface area contributed by atoms with E-state index in [1.54, 1.807) is 6.20 Å². The number of H-pyrrole nitrogens is 1. The normalized spacial score (nSPS) is 16.3. The van der Waals surface area contributed by atoms with Crippen molar-refractivity contribution in [3.05, 3.63) is 53.9 Å². The number of nitrogens with zero attached hydrogens (tertiary/aromatic N) is 3. The summed E-state index contributed by atoms with van der Waals surface area (Å²) >= 11 is 0. The van der Waals surface area contributed by atoms with Gasteiger partial charge in [-0.05, 0) is 19.4 Å². The number of carbonyl (C=O) groups is 1. The molecule has 1 amide bonds. The number of amides is 1. The zero-order chi connectivity index (χ0) is 17.2. The highest BCUT2D eigenvalue weighted by atomic mass is 16.4. The molecule has 1 saturated heterocycles. The zero-order valence-corrected chi connectivity index (χ0v) is 14.4. The first-order valence-electron chi connectivity index (χ1n) is 8.70. The average Bonchev–Trinajstić information content (AvgIpc) is 3.15. The molecule has 0 bridgehead atoms. The molecule has 1 aliphatic heterocycles. The largest absolute Gasteiger partial charge is 0.445 e. The Kier molecular flexibility index (Phi) is 4.28. The highest BCUT2D eigenvalue weighted by molar-refractivity contribution is 6.06. The van der Waals surface area contributed by atoms with Crippen molar-refractivity contribution in [1.29, 1.82) is 0 Å². The van der Waals surface area contributed by atoms with Crippen LogP contribution in [-0.4, -0.2) is 51.9 Å². The Bertz CT molecular complexity index is 882. The summed E-state index contributed by atoms with van der Waals surface area (Å²) in [5, 5.41) is 0.990. The van der Waals surface area contributed by atoms with Gasteiger partial charge in [-0.25, -0.2) is 4.98 Å². The van der Waals surface area contributed by atoms with Gasteiger partial charge in [-0.3, -0.25) is 9.69 Å². The first-order valence-corrected chi connectivity index (χ1v) is 8.70. The number of benzene rings is 1. The van der Waals surface area contributed by atoms with Crippen LogP contribution in [-0.2, 0) is 6.54 Å². The van der Waals surface area contributed by atoms with Crippen LogP contribution in [0.5, 0.6) is 0 Å². The summed E-state index contributed by atoms with van der Waals surface area (Å²) in [7, 11) is 0. The number of aromatic nitrogens is 2. The van der Waals surface area contributed by atoms with Crippen LogP contribution in [0.1, 0.15) is 28.4 Å². The van der Waals surface area contributed by atoms with Gasteiger partial charge in [0, 0.05) is 43.3 Å². The highest BCUT2D eigenvalue weighted by Crippen LogP contribution is 2.20. The predicted molar refractivity (Wildman–Crippen MR) is 95.3 cm³/mol. The molecule has 1 fully saturated rings. The van der Waals surface area contributed by atoms with E-state index in [1.807, 2.05) is 42.3 Å². The maximum absolute atomic E-state index is 13.0. The third-order valence-corrected chi connectivity index (χ3v) is 4.72. The van der Waals surface area contributed by atoms with Gasteiger partial charge < -0.3 is 14.3 Å². The van der Waals surface area contributed by atoms with Gasteiger partial charge >= 0.3 is 0 Å². The third-order valence-electron chi connectivity index (χ3n) is 4.72. The molecule has 0 spiro atoms. The number of nitrogens with one attached hydrogen (secondary N) is 1. The summed E-state index contributed by atoms with van der Waals surface area (Å²) < 4.78 is 5.57. The Hall–Kier alpha value is -2.60. The summed E-state index contributed by atoms with van der Waals surface area (Å²) in [6, 6.07) is 7.93. The predicted octanol–water partition coefficient (Wildman–Crippen LogP) is 2.81. The van der Waals surface area contributed by atoms with Crippen molar-refractivity contribution in [2.24, 2.45) is 0 Å². The number of rotatable bonds is 3. The third kappa shape index (κ3) is 3.30. The average molecular weight is 338 g/mol. The summed E-state index contributed by atoms with van der Waals surface area (Å²) in [6.45, 7) is 5.87. The van der Waals surface area contributed by atoms with Gasteiger partial charge in [0.1, 0.15) is 5.76 Å². The van der Waals surface area contributed by atoms with E-state index in [0.29, 0.717) is 6.54 Å². The maximum Gasteiger partial charge on any atom is 0.256 e. The van der Waals surface area contributed by atoms with Crippen LogP contribution in [0.25, 0.3) is 10.9 Å². The molecule has 1 aliphatic rings.